The molecular weight excluding hydrogens is 657 g/mol. The Morgan fingerprint density at radius 1 is 0.407 bits per heavy atom. The first kappa shape index (κ1) is 30.6. The number of ether oxygens (including phenoxy) is 1. The highest BCUT2D eigenvalue weighted by Gasteiger charge is 2.50. The number of hydrogen-bond donors (Lipinski definition) is 1. The van der Waals surface area contributed by atoms with Gasteiger partial charge in [-0.25, -0.2) is 0 Å². The highest BCUT2D eigenvalue weighted by molar-refractivity contribution is 6.17. The zero-order valence-electron chi connectivity index (χ0n) is 29.4. The van der Waals surface area contributed by atoms with E-state index in [0.717, 1.165) is 61.8 Å². The Hall–Kier alpha value is -6.97. The second-order valence-corrected chi connectivity index (χ2v) is 14.3. The Bertz CT molecular complexity index is 2740. The molecule has 2 heterocycles. The Morgan fingerprint density at radius 3 is 1.70 bits per heavy atom. The normalized spacial score (nSPS) is 15.4. The van der Waals surface area contributed by atoms with Crippen molar-refractivity contribution in [2.45, 2.75) is 11.6 Å². The summed E-state index contributed by atoms with van der Waals surface area (Å²) >= 11 is 0. The molecule has 1 atom stereocenters. The number of fused-ring (bicyclic) bond motifs is 10. The minimum absolute atomic E-state index is 0.152. The standard InChI is InChI=1S/C51H34N2O/c1-2-13-35(14-3-1)50-52-46-23-10-6-19-41(46)49(53-50)38-16-12-15-36(31-38)33-25-27-34(28-26-33)37-29-30-45-48(32-37)54-47-24-11-9-22-44(47)51(45)42-20-7-4-17-39(42)40-18-5-8-21-43(40)51/h1-32,50,52H. The summed E-state index contributed by atoms with van der Waals surface area (Å²) in [6.45, 7) is 0. The quantitative estimate of drug-likeness (QED) is 0.199. The molecule has 0 bridgehead atoms. The summed E-state index contributed by atoms with van der Waals surface area (Å²) in [5.41, 5.74) is 17.1. The smallest absolute Gasteiger partial charge is 0.145 e. The van der Waals surface area contributed by atoms with Crippen LogP contribution in [0.1, 0.15) is 45.1 Å². The highest BCUT2D eigenvalue weighted by atomic mass is 16.5. The van der Waals surface area contributed by atoms with Crippen molar-refractivity contribution < 1.29 is 4.74 Å². The Morgan fingerprint density at radius 2 is 0.963 bits per heavy atom. The van der Waals surface area contributed by atoms with Crippen LogP contribution in [0.5, 0.6) is 11.5 Å². The molecule has 1 spiro atoms. The molecule has 0 fully saturated rings. The van der Waals surface area contributed by atoms with Gasteiger partial charge >= 0.3 is 0 Å². The van der Waals surface area contributed by atoms with E-state index >= 15 is 0 Å². The molecule has 1 aliphatic carbocycles. The number of benzene rings is 8. The van der Waals surface area contributed by atoms with Crippen molar-refractivity contribution in [3.63, 3.8) is 0 Å². The van der Waals surface area contributed by atoms with Gasteiger partial charge in [0.2, 0.25) is 0 Å². The van der Waals surface area contributed by atoms with Crippen LogP contribution in [0.2, 0.25) is 0 Å². The summed E-state index contributed by atoms with van der Waals surface area (Å²) in [5, 5.41) is 3.63. The second-order valence-electron chi connectivity index (χ2n) is 14.3. The van der Waals surface area contributed by atoms with Gasteiger partial charge in [-0.15, -0.1) is 0 Å². The minimum Gasteiger partial charge on any atom is -0.457 e. The van der Waals surface area contributed by atoms with Gasteiger partial charge in [0.1, 0.15) is 17.7 Å². The lowest BCUT2D eigenvalue weighted by atomic mass is 9.66. The summed E-state index contributed by atoms with van der Waals surface area (Å²) < 4.78 is 6.77. The third-order valence-corrected chi connectivity index (χ3v) is 11.4. The van der Waals surface area contributed by atoms with E-state index in [2.05, 4.69) is 193 Å². The molecule has 3 nitrogen and oxygen atoms in total. The minimum atomic E-state index is -0.453. The summed E-state index contributed by atoms with van der Waals surface area (Å²) in [5.74, 6) is 1.80. The van der Waals surface area contributed by atoms with Crippen LogP contribution in [-0.2, 0) is 5.41 Å². The van der Waals surface area contributed by atoms with E-state index < -0.39 is 5.41 Å². The molecule has 11 rings (SSSR count). The van der Waals surface area contributed by atoms with Crippen molar-refractivity contribution in [3.8, 4) is 44.9 Å². The van der Waals surface area contributed by atoms with Gasteiger partial charge in [0, 0.05) is 27.9 Å². The van der Waals surface area contributed by atoms with Crippen LogP contribution in [0, 0.1) is 0 Å². The third kappa shape index (κ3) is 4.58. The van der Waals surface area contributed by atoms with Crippen molar-refractivity contribution in [1.82, 2.24) is 0 Å². The van der Waals surface area contributed by atoms with Crippen LogP contribution in [0.25, 0.3) is 33.4 Å². The maximum atomic E-state index is 6.77. The molecule has 2 aliphatic heterocycles. The van der Waals surface area contributed by atoms with Gasteiger partial charge in [-0.05, 0) is 74.3 Å². The van der Waals surface area contributed by atoms with Crippen molar-refractivity contribution >= 4 is 11.4 Å². The Kier molecular flexibility index (Phi) is 6.83. The lowest BCUT2D eigenvalue weighted by Gasteiger charge is -2.39. The Labute approximate surface area is 314 Å². The molecule has 0 aromatic heterocycles. The summed E-state index contributed by atoms with van der Waals surface area (Å²) in [4.78, 5) is 5.25. The summed E-state index contributed by atoms with van der Waals surface area (Å²) in [6, 6.07) is 69.5. The monoisotopic (exact) mass is 690 g/mol. The fourth-order valence-corrected chi connectivity index (χ4v) is 8.96. The third-order valence-electron chi connectivity index (χ3n) is 11.4. The van der Waals surface area contributed by atoms with Crippen LogP contribution < -0.4 is 10.1 Å². The molecule has 0 saturated heterocycles. The van der Waals surface area contributed by atoms with Crippen molar-refractivity contribution in [1.29, 1.82) is 0 Å². The summed E-state index contributed by atoms with van der Waals surface area (Å²) in [7, 11) is 0. The lowest BCUT2D eigenvalue weighted by molar-refractivity contribution is 0.436. The molecule has 0 radical (unpaired) electrons. The first-order chi connectivity index (χ1) is 26.8. The SMILES string of the molecule is c1ccc(C2N=C(c3cccc(-c4ccc(-c5ccc6c(c5)Oc5ccccc5C65c6ccccc6-c6ccccc65)cc4)c3)c3ccccc3N2)cc1. The highest BCUT2D eigenvalue weighted by Crippen LogP contribution is 2.62. The molecule has 3 aliphatic rings. The predicted octanol–water partition coefficient (Wildman–Crippen LogP) is 12.5. The van der Waals surface area contributed by atoms with Crippen LogP contribution in [0.4, 0.5) is 5.69 Å². The number of aliphatic imine (C=N–C) groups is 1. The molecule has 8 aromatic carbocycles. The van der Waals surface area contributed by atoms with Crippen LogP contribution >= 0.6 is 0 Å². The summed E-state index contributed by atoms with van der Waals surface area (Å²) in [6.07, 6.45) is -0.152. The number of anilines is 1. The van der Waals surface area contributed by atoms with Crippen molar-refractivity contribution in [2.75, 3.05) is 5.32 Å². The predicted molar refractivity (Wildman–Crippen MR) is 220 cm³/mol. The van der Waals surface area contributed by atoms with E-state index in [-0.39, 0.29) is 6.17 Å². The number of para-hydroxylation sites is 2. The zero-order chi connectivity index (χ0) is 35.6. The average Bonchev–Trinajstić information content (AvgIpc) is 3.54. The van der Waals surface area contributed by atoms with Gasteiger partial charge in [-0.1, -0.05) is 170 Å². The van der Waals surface area contributed by atoms with Crippen LogP contribution in [0.3, 0.4) is 0 Å². The number of hydrogen-bond acceptors (Lipinski definition) is 3. The lowest BCUT2D eigenvalue weighted by Crippen LogP contribution is -2.32. The van der Waals surface area contributed by atoms with Gasteiger partial charge in [0.05, 0.1) is 11.1 Å². The molecular formula is C51H34N2O. The Balaban J connectivity index is 0.963. The maximum Gasteiger partial charge on any atom is 0.145 e. The van der Waals surface area contributed by atoms with Crippen LogP contribution in [-0.4, -0.2) is 5.71 Å². The van der Waals surface area contributed by atoms with Gasteiger partial charge in [0.15, 0.2) is 0 Å². The van der Waals surface area contributed by atoms with Gasteiger partial charge in [-0.2, -0.15) is 0 Å². The van der Waals surface area contributed by atoms with Crippen molar-refractivity contribution in [3.05, 3.63) is 233 Å². The first-order valence-corrected chi connectivity index (χ1v) is 18.6. The van der Waals surface area contributed by atoms with Gasteiger partial charge < -0.3 is 10.1 Å². The average molecular weight is 691 g/mol. The number of rotatable bonds is 4. The van der Waals surface area contributed by atoms with E-state index in [0.29, 0.717) is 0 Å². The van der Waals surface area contributed by atoms with Gasteiger partial charge in [0.25, 0.3) is 0 Å². The second kappa shape index (κ2) is 12.0. The van der Waals surface area contributed by atoms with Crippen molar-refractivity contribution in [2.24, 2.45) is 4.99 Å². The fourth-order valence-electron chi connectivity index (χ4n) is 8.96. The van der Waals surface area contributed by atoms with E-state index in [1.54, 1.807) is 0 Å². The van der Waals surface area contributed by atoms with Gasteiger partial charge in [-0.3, -0.25) is 4.99 Å². The molecule has 254 valence electrons. The molecule has 1 N–H and O–H groups in total. The molecule has 3 heteroatoms. The number of nitrogens with zero attached hydrogens (tertiary/aromatic N) is 1. The zero-order valence-corrected chi connectivity index (χ0v) is 29.4. The van der Waals surface area contributed by atoms with E-state index in [1.165, 1.54) is 33.4 Å². The molecule has 0 amide bonds. The largest absolute Gasteiger partial charge is 0.457 e. The van der Waals surface area contributed by atoms with E-state index in [4.69, 9.17) is 9.73 Å². The van der Waals surface area contributed by atoms with E-state index in [9.17, 15) is 0 Å². The molecule has 1 unspecified atom stereocenters. The molecule has 0 saturated carbocycles. The van der Waals surface area contributed by atoms with Crippen LogP contribution in [0.15, 0.2) is 199 Å². The topological polar surface area (TPSA) is 33.6 Å². The fraction of sp³-hybridized carbons (Fsp3) is 0.0392. The van der Waals surface area contributed by atoms with E-state index in [1.807, 2.05) is 6.07 Å². The number of nitrogens with one attached hydrogen (secondary N) is 1. The first-order valence-electron chi connectivity index (χ1n) is 18.6. The maximum absolute atomic E-state index is 6.77. The molecule has 8 aromatic rings. The molecule has 54 heavy (non-hydrogen) atoms.